The molecule has 3 aromatic rings. The van der Waals surface area contributed by atoms with Gasteiger partial charge >= 0.3 is 0 Å². The zero-order valence-corrected chi connectivity index (χ0v) is 16.5. The van der Waals surface area contributed by atoms with E-state index in [1.165, 1.54) is 23.9 Å². The molecule has 1 N–H and O–H groups in total. The molecule has 146 valence electrons. The number of halogens is 1. The van der Waals surface area contributed by atoms with Crippen LogP contribution >= 0.6 is 11.8 Å². The van der Waals surface area contributed by atoms with Crippen molar-refractivity contribution < 1.29 is 9.18 Å². The van der Waals surface area contributed by atoms with Gasteiger partial charge in [0.1, 0.15) is 17.5 Å². The van der Waals surface area contributed by atoms with Crippen LogP contribution in [0.3, 0.4) is 0 Å². The fourth-order valence-corrected chi connectivity index (χ4v) is 3.83. The third-order valence-corrected chi connectivity index (χ3v) is 5.47. The number of nitrogens with one attached hydrogen (secondary N) is 1. The van der Waals surface area contributed by atoms with Crippen molar-refractivity contribution in [1.82, 2.24) is 24.5 Å². The highest BCUT2D eigenvalue weighted by Gasteiger charge is 2.30. The molecule has 1 fully saturated rings. The van der Waals surface area contributed by atoms with Crippen LogP contribution in [0.25, 0.3) is 5.69 Å². The Bertz CT molecular complexity index is 993. The van der Waals surface area contributed by atoms with E-state index in [0.717, 1.165) is 36.1 Å². The van der Waals surface area contributed by atoms with Gasteiger partial charge < -0.3 is 9.88 Å². The standard InChI is InChI=1S/C19H21FN6OS/c1-3-25-18(13-4-5-13)22-23-19(25)28-11-17(27)21-16-10-12(2)24-26(16)15-8-6-14(20)7-9-15/h6-10,13H,3-5,11H2,1-2H3,(H,21,27). The molecular formula is C19H21FN6OS. The van der Waals surface area contributed by atoms with Gasteiger partial charge in [0.05, 0.1) is 17.1 Å². The van der Waals surface area contributed by atoms with Crippen LogP contribution in [0, 0.1) is 12.7 Å². The minimum absolute atomic E-state index is 0.160. The Hall–Kier alpha value is -2.68. The third-order valence-electron chi connectivity index (χ3n) is 4.51. The van der Waals surface area contributed by atoms with Crippen LogP contribution in [-0.2, 0) is 11.3 Å². The Morgan fingerprint density at radius 3 is 2.71 bits per heavy atom. The summed E-state index contributed by atoms with van der Waals surface area (Å²) in [6, 6.07) is 7.75. The number of aromatic nitrogens is 5. The summed E-state index contributed by atoms with van der Waals surface area (Å²) < 4.78 is 16.9. The van der Waals surface area contributed by atoms with Crippen molar-refractivity contribution in [2.45, 2.75) is 44.3 Å². The summed E-state index contributed by atoms with van der Waals surface area (Å²) >= 11 is 1.37. The molecule has 1 saturated carbocycles. The SMILES string of the molecule is CCn1c(SCC(=O)Nc2cc(C)nn2-c2ccc(F)cc2)nnc1C1CC1. The van der Waals surface area contributed by atoms with E-state index in [2.05, 4.69) is 32.1 Å². The maximum absolute atomic E-state index is 13.2. The average molecular weight is 400 g/mol. The topological polar surface area (TPSA) is 77.6 Å². The van der Waals surface area contributed by atoms with E-state index in [1.807, 2.05) is 6.92 Å². The van der Waals surface area contributed by atoms with E-state index in [4.69, 9.17) is 0 Å². The van der Waals surface area contributed by atoms with Crippen molar-refractivity contribution in [1.29, 1.82) is 0 Å². The molecule has 9 heteroatoms. The van der Waals surface area contributed by atoms with Crippen LogP contribution < -0.4 is 5.32 Å². The first-order valence-electron chi connectivity index (χ1n) is 9.23. The largest absolute Gasteiger partial charge is 0.310 e. The van der Waals surface area contributed by atoms with Gasteiger partial charge in [0.25, 0.3) is 0 Å². The molecule has 7 nitrogen and oxygen atoms in total. The van der Waals surface area contributed by atoms with Crippen molar-refractivity contribution in [3.8, 4) is 5.69 Å². The molecule has 2 aromatic heterocycles. The number of anilines is 1. The van der Waals surface area contributed by atoms with Crippen molar-refractivity contribution in [3.05, 3.63) is 47.7 Å². The maximum atomic E-state index is 13.2. The van der Waals surface area contributed by atoms with Crippen LogP contribution in [0.2, 0.25) is 0 Å². The molecule has 1 aromatic carbocycles. The van der Waals surface area contributed by atoms with Crippen molar-refractivity contribution in [3.63, 3.8) is 0 Å². The van der Waals surface area contributed by atoms with Gasteiger partial charge in [-0.2, -0.15) is 5.10 Å². The van der Waals surface area contributed by atoms with E-state index in [1.54, 1.807) is 22.9 Å². The monoisotopic (exact) mass is 400 g/mol. The molecule has 28 heavy (non-hydrogen) atoms. The summed E-state index contributed by atoms with van der Waals surface area (Å²) in [6.07, 6.45) is 2.33. The second-order valence-corrected chi connectivity index (χ2v) is 7.70. The number of carbonyl (C=O) groups is 1. The molecule has 1 aliphatic rings. The summed E-state index contributed by atoms with van der Waals surface area (Å²) in [6.45, 7) is 4.69. The summed E-state index contributed by atoms with van der Waals surface area (Å²) in [5, 5.41) is 16.6. The fourth-order valence-electron chi connectivity index (χ4n) is 3.02. The number of hydrogen-bond acceptors (Lipinski definition) is 5. The lowest BCUT2D eigenvalue weighted by molar-refractivity contribution is -0.113. The molecule has 0 aliphatic heterocycles. The Labute approximate surface area is 166 Å². The fraction of sp³-hybridized carbons (Fsp3) is 0.368. The van der Waals surface area contributed by atoms with E-state index in [0.29, 0.717) is 17.4 Å². The first-order chi connectivity index (χ1) is 13.5. The molecule has 0 saturated heterocycles. The summed E-state index contributed by atoms with van der Waals surface area (Å²) in [7, 11) is 0. The smallest absolute Gasteiger partial charge is 0.236 e. The van der Waals surface area contributed by atoms with Crippen LogP contribution in [0.1, 0.15) is 37.2 Å². The molecule has 0 radical (unpaired) electrons. The van der Waals surface area contributed by atoms with Gasteiger partial charge in [-0.25, -0.2) is 9.07 Å². The first-order valence-corrected chi connectivity index (χ1v) is 10.2. The highest BCUT2D eigenvalue weighted by molar-refractivity contribution is 7.99. The van der Waals surface area contributed by atoms with Crippen LogP contribution in [0.5, 0.6) is 0 Å². The van der Waals surface area contributed by atoms with Gasteiger partial charge in [-0.05, 0) is 51.0 Å². The number of amides is 1. The van der Waals surface area contributed by atoms with Gasteiger partial charge in [-0.3, -0.25) is 4.79 Å². The van der Waals surface area contributed by atoms with Crippen LogP contribution in [-0.4, -0.2) is 36.2 Å². The molecule has 0 spiro atoms. The van der Waals surface area contributed by atoms with Crippen molar-refractivity contribution >= 4 is 23.5 Å². The summed E-state index contributed by atoms with van der Waals surface area (Å²) in [5.74, 6) is 1.83. The molecule has 0 unspecified atom stereocenters. The number of benzene rings is 1. The molecule has 1 aliphatic carbocycles. The van der Waals surface area contributed by atoms with Crippen LogP contribution in [0.4, 0.5) is 10.2 Å². The van der Waals surface area contributed by atoms with Gasteiger partial charge in [0.15, 0.2) is 5.16 Å². The first kappa shape index (κ1) is 18.7. The van der Waals surface area contributed by atoms with E-state index in [-0.39, 0.29) is 17.5 Å². The second kappa shape index (κ2) is 7.75. The van der Waals surface area contributed by atoms with Gasteiger partial charge in [0.2, 0.25) is 5.91 Å². The number of hydrogen-bond donors (Lipinski definition) is 1. The van der Waals surface area contributed by atoms with Gasteiger partial charge in [-0.1, -0.05) is 11.8 Å². The van der Waals surface area contributed by atoms with Crippen molar-refractivity contribution in [2.24, 2.45) is 0 Å². The van der Waals surface area contributed by atoms with E-state index in [9.17, 15) is 9.18 Å². The van der Waals surface area contributed by atoms with Gasteiger partial charge in [0, 0.05) is 18.5 Å². The molecule has 1 amide bonds. The predicted octanol–water partition coefficient (Wildman–Crippen LogP) is 3.54. The Morgan fingerprint density at radius 1 is 1.29 bits per heavy atom. The highest BCUT2D eigenvalue weighted by atomic mass is 32.2. The number of carbonyl (C=O) groups excluding carboxylic acids is 1. The summed E-state index contributed by atoms with van der Waals surface area (Å²) in [5.41, 5.74) is 1.43. The number of rotatable bonds is 7. The molecule has 0 atom stereocenters. The minimum atomic E-state index is -0.319. The number of nitrogens with zero attached hydrogens (tertiary/aromatic N) is 5. The molecular weight excluding hydrogens is 379 g/mol. The molecule has 4 rings (SSSR count). The normalized spacial score (nSPS) is 13.7. The molecule has 0 bridgehead atoms. The Kier molecular flexibility index (Phi) is 5.17. The van der Waals surface area contributed by atoms with Crippen LogP contribution in [0.15, 0.2) is 35.5 Å². The van der Waals surface area contributed by atoms with E-state index >= 15 is 0 Å². The van der Waals surface area contributed by atoms with Crippen molar-refractivity contribution in [2.75, 3.05) is 11.1 Å². The summed E-state index contributed by atoms with van der Waals surface area (Å²) in [4.78, 5) is 12.5. The second-order valence-electron chi connectivity index (χ2n) is 6.76. The Balaban J connectivity index is 1.44. The quantitative estimate of drug-likeness (QED) is 0.614. The zero-order valence-electron chi connectivity index (χ0n) is 15.7. The predicted molar refractivity (Wildman–Crippen MR) is 105 cm³/mol. The Morgan fingerprint density at radius 2 is 2.04 bits per heavy atom. The lowest BCUT2D eigenvalue weighted by Gasteiger charge is -2.09. The molecule has 2 heterocycles. The number of thioether (sulfide) groups is 1. The van der Waals surface area contributed by atoms with E-state index < -0.39 is 0 Å². The minimum Gasteiger partial charge on any atom is -0.310 e. The highest BCUT2D eigenvalue weighted by Crippen LogP contribution is 2.40. The lowest BCUT2D eigenvalue weighted by Crippen LogP contribution is -2.17. The third kappa shape index (κ3) is 3.94. The lowest BCUT2D eigenvalue weighted by atomic mass is 10.3. The van der Waals surface area contributed by atoms with Gasteiger partial charge in [-0.15, -0.1) is 10.2 Å². The zero-order chi connectivity index (χ0) is 19.7. The number of aryl methyl sites for hydroxylation is 1. The average Bonchev–Trinajstić information content (AvgIpc) is 3.34. The maximum Gasteiger partial charge on any atom is 0.236 e.